The van der Waals surface area contributed by atoms with Gasteiger partial charge >= 0.3 is 0 Å². The zero-order valence-corrected chi connectivity index (χ0v) is 11.7. The smallest absolute Gasteiger partial charge is 0.00881 e. The molecule has 0 radical (unpaired) electrons. The van der Waals surface area contributed by atoms with Crippen LogP contribution in [0.25, 0.3) is 12.2 Å². The van der Waals surface area contributed by atoms with Gasteiger partial charge in [0, 0.05) is 0 Å². The molecule has 0 aliphatic carbocycles. The highest BCUT2D eigenvalue weighted by molar-refractivity contribution is 5.69. The molecule has 0 N–H and O–H groups in total. The monoisotopic (exact) mass is 238 g/mol. The number of rotatable bonds is 5. The SMILES string of the molecule is C=Cc1c(C)ccc(C/C=C\C(C)=C/C)c1C=C. The van der Waals surface area contributed by atoms with Crippen molar-refractivity contribution in [3.63, 3.8) is 0 Å². The van der Waals surface area contributed by atoms with Gasteiger partial charge in [-0.15, -0.1) is 0 Å². The van der Waals surface area contributed by atoms with Crippen molar-refractivity contribution in [3.8, 4) is 0 Å². The molecule has 0 saturated heterocycles. The molecular weight excluding hydrogens is 216 g/mol. The molecular formula is C18H22. The predicted molar refractivity (Wildman–Crippen MR) is 83.6 cm³/mol. The summed E-state index contributed by atoms with van der Waals surface area (Å²) < 4.78 is 0. The quantitative estimate of drug-likeness (QED) is 0.607. The average molecular weight is 238 g/mol. The second-order valence-corrected chi connectivity index (χ2v) is 4.42. The molecule has 1 rings (SSSR count). The fourth-order valence-corrected chi connectivity index (χ4v) is 1.95. The predicted octanol–water partition coefficient (Wildman–Crippen LogP) is 5.35. The van der Waals surface area contributed by atoms with Crippen LogP contribution in [0.5, 0.6) is 0 Å². The van der Waals surface area contributed by atoms with Crippen LogP contribution in [0.4, 0.5) is 0 Å². The summed E-state index contributed by atoms with van der Waals surface area (Å²) >= 11 is 0. The largest absolute Gasteiger partial charge is 0.0984 e. The van der Waals surface area contributed by atoms with Crippen LogP contribution in [0, 0.1) is 6.92 Å². The molecule has 0 heterocycles. The summed E-state index contributed by atoms with van der Waals surface area (Å²) in [6, 6.07) is 4.32. The van der Waals surface area contributed by atoms with Gasteiger partial charge in [-0.2, -0.15) is 0 Å². The van der Waals surface area contributed by atoms with E-state index < -0.39 is 0 Å². The molecule has 0 unspecified atom stereocenters. The van der Waals surface area contributed by atoms with Gasteiger partial charge in [-0.05, 0) is 49.4 Å². The summed E-state index contributed by atoms with van der Waals surface area (Å²) in [7, 11) is 0. The lowest BCUT2D eigenvalue weighted by Gasteiger charge is -2.10. The Morgan fingerprint density at radius 1 is 1.17 bits per heavy atom. The van der Waals surface area contributed by atoms with Crippen LogP contribution >= 0.6 is 0 Å². The van der Waals surface area contributed by atoms with Crippen molar-refractivity contribution in [1.29, 1.82) is 0 Å². The van der Waals surface area contributed by atoms with Crippen LogP contribution in [0.3, 0.4) is 0 Å². The van der Waals surface area contributed by atoms with Gasteiger partial charge < -0.3 is 0 Å². The molecule has 0 amide bonds. The zero-order valence-electron chi connectivity index (χ0n) is 11.7. The molecule has 1 aromatic carbocycles. The van der Waals surface area contributed by atoms with Crippen molar-refractivity contribution in [2.45, 2.75) is 27.2 Å². The van der Waals surface area contributed by atoms with Gasteiger partial charge in [-0.1, -0.05) is 61.2 Å². The van der Waals surface area contributed by atoms with E-state index in [4.69, 9.17) is 0 Å². The van der Waals surface area contributed by atoms with Crippen LogP contribution in [0.1, 0.15) is 36.1 Å². The molecule has 0 bridgehead atoms. The van der Waals surface area contributed by atoms with E-state index in [0.717, 1.165) is 6.42 Å². The Labute approximate surface area is 111 Å². The van der Waals surface area contributed by atoms with Crippen LogP contribution in [-0.4, -0.2) is 0 Å². The molecule has 0 fully saturated rings. The molecule has 0 aliphatic rings. The van der Waals surface area contributed by atoms with Crippen LogP contribution in [-0.2, 0) is 6.42 Å². The Hall–Kier alpha value is -1.82. The summed E-state index contributed by atoms with van der Waals surface area (Å²) in [5, 5.41) is 0. The molecule has 0 saturated carbocycles. The lowest BCUT2D eigenvalue weighted by Crippen LogP contribution is -1.93. The normalized spacial score (nSPS) is 11.8. The van der Waals surface area contributed by atoms with Gasteiger partial charge in [0.15, 0.2) is 0 Å². The van der Waals surface area contributed by atoms with Crippen LogP contribution < -0.4 is 0 Å². The van der Waals surface area contributed by atoms with E-state index in [0.29, 0.717) is 0 Å². The molecule has 0 spiro atoms. The van der Waals surface area contributed by atoms with Crippen LogP contribution in [0.15, 0.2) is 49.1 Å². The van der Waals surface area contributed by atoms with Gasteiger partial charge in [0.25, 0.3) is 0 Å². The number of aryl methyl sites for hydroxylation is 1. The first-order valence-corrected chi connectivity index (χ1v) is 6.30. The molecule has 18 heavy (non-hydrogen) atoms. The van der Waals surface area contributed by atoms with E-state index in [9.17, 15) is 0 Å². The Morgan fingerprint density at radius 3 is 2.39 bits per heavy atom. The lowest BCUT2D eigenvalue weighted by atomic mass is 9.94. The summed E-state index contributed by atoms with van der Waals surface area (Å²) in [6.45, 7) is 14.1. The van der Waals surface area contributed by atoms with Crippen molar-refractivity contribution < 1.29 is 0 Å². The Kier molecular flexibility index (Phi) is 5.38. The lowest BCUT2D eigenvalue weighted by molar-refractivity contribution is 1.23. The van der Waals surface area contributed by atoms with E-state index in [2.05, 4.69) is 64.3 Å². The second-order valence-electron chi connectivity index (χ2n) is 4.42. The number of hydrogen-bond donors (Lipinski definition) is 0. The highest BCUT2D eigenvalue weighted by atomic mass is 14.1. The summed E-state index contributed by atoms with van der Waals surface area (Å²) in [6.07, 6.45) is 11.2. The maximum Gasteiger partial charge on any atom is -0.00881 e. The molecule has 1 aromatic rings. The molecule has 0 nitrogen and oxygen atoms in total. The van der Waals surface area contributed by atoms with Gasteiger partial charge in [0.1, 0.15) is 0 Å². The minimum Gasteiger partial charge on any atom is -0.0984 e. The van der Waals surface area contributed by atoms with E-state index >= 15 is 0 Å². The molecule has 94 valence electrons. The molecule has 0 atom stereocenters. The zero-order chi connectivity index (χ0) is 13.5. The summed E-state index contributed by atoms with van der Waals surface area (Å²) in [5.74, 6) is 0. The average Bonchev–Trinajstić information content (AvgIpc) is 2.39. The summed E-state index contributed by atoms with van der Waals surface area (Å²) in [4.78, 5) is 0. The number of benzene rings is 1. The van der Waals surface area contributed by atoms with E-state index in [1.165, 1.54) is 27.8 Å². The Bertz CT molecular complexity index is 499. The van der Waals surface area contributed by atoms with Crippen molar-refractivity contribution in [1.82, 2.24) is 0 Å². The first kappa shape index (κ1) is 14.2. The van der Waals surface area contributed by atoms with E-state index in [-0.39, 0.29) is 0 Å². The van der Waals surface area contributed by atoms with Gasteiger partial charge in [-0.3, -0.25) is 0 Å². The van der Waals surface area contributed by atoms with Gasteiger partial charge in [-0.25, -0.2) is 0 Å². The third kappa shape index (κ3) is 3.33. The Morgan fingerprint density at radius 2 is 1.83 bits per heavy atom. The first-order chi connectivity index (χ1) is 8.63. The topological polar surface area (TPSA) is 0 Å². The molecule has 0 aromatic heterocycles. The van der Waals surface area contributed by atoms with Gasteiger partial charge in [0.2, 0.25) is 0 Å². The Balaban J connectivity index is 3.07. The van der Waals surface area contributed by atoms with Crippen molar-refractivity contribution in [2.24, 2.45) is 0 Å². The standard InChI is InChI=1S/C18H22/c1-6-14(4)10-9-11-16-13-12-15(5)17(7-2)18(16)8-3/h6-10,12-13H,2-3,11H2,1,4-5H3/b10-9-,14-6-. The fraction of sp³-hybridized carbons (Fsp3) is 0.222. The maximum absolute atomic E-state index is 3.92. The van der Waals surface area contributed by atoms with E-state index in [1.54, 1.807) is 0 Å². The highest BCUT2D eigenvalue weighted by Crippen LogP contribution is 2.22. The minimum atomic E-state index is 0.924. The molecule has 0 heteroatoms. The van der Waals surface area contributed by atoms with Crippen LogP contribution in [0.2, 0.25) is 0 Å². The second kappa shape index (κ2) is 6.80. The van der Waals surface area contributed by atoms with E-state index in [1.807, 2.05) is 12.2 Å². The van der Waals surface area contributed by atoms with Gasteiger partial charge in [0.05, 0.1) is 0 Å². The number of hydrogen-bond acceptors (Lipinski definition) is 0. The molecule has 0 aliphatic heterocycles. The number of allylic oxidation sites excluding steroid dienone is 4. The third-order valence-electron chi connectivity index (χ3n) is 3.18. The maximum atomic E-state index is 3.92. The van der Waals surface area contributed by atoms with Crippen molar-refractivity contribution >= 4 is 12.2 Å². The first-order valence-electron chi connectivity index (χ1n) is 6.30. The highest BCUT2D eigenvalue weighted by Gasteiger charge is 2.04. The third-order valence-corrected chi connectivity index (χ3v) is 3.18. The van der Waals surface area contributed by atoms with Crippen molar-refractivity contribution in [2.75, 3.05) is 0 Å². The minimum absolute atomic E-state index is 0.924. The summed E-state index contributed by atoms with van der Waals surface area (Å²) in [5.41, 5.74) is 6.22. The van der Waals surface area contributed by atoms with Crippen molar-refractivity contribution in [3.05, 3.63) is 71.3 Å². The fourth-order valence-electron chi connectivity index (χ4n) is 1.95.